The van der Waals surface area contributed by atoms with Gasteiger partial charge in [0.05, 0.1) is 22.3 Å². The molecule has 162 valence electrons. The number of hydrogen-bond donors (Lipinski definition) is 1. The first-order valence-electron chi connectivity index (χ1n) is 9.65. The average molecular weight is 512 g/mol. The summed E-state index contributed by atoms with van der Waals surface area (Å²) in [5, 5.41) is 12.7. The van der Waals surface area contributed by atoms with Crippen molar-refractivity contribution in [3.8, 4) is 17.6 Å². The highest BCUT2D eigenvalue weighted by Crippen LogP contribution is 2.38. The molecule has 0 saturated heterocycles. The zero-order chi connectivity index (χ0) is 23.1. The molecule has 3 aromatic carbocycles. The van der Waals surface area contributed by atoms with Crippen LogP contribution in [0.2, 0.25) is 5.02 Å². The quantitative estimate of drug-likeness (QED) is 0.289. The Morgan fingerprint density at radius 3 is 2.59 bits per heavy atom. The van der Waals surface area contributed by atoms with Gasteiger partial charge in [0.15, 0.2) is 11.5 Å². The standard InChI is InChI=1S/C25H20BrClN2O3/c1-16-7-6-10-21(27)23(16)29-25(30)19(14-28)11-18-12-20(26)24(22(13-18)31-2)32-15-17-8-4-3-5-9-17/h3-13H,15H2,1-2H3,(H,29,30)/b19-11+. The summed E-state index contributed by atoms with van der Waals surface area (Å²) in [6, 6.07) is 20.5. The summed E-state index contributed by atoms with van der Waals surface area (Å²) >= 11 is 9.68. The molecule has 0 fully saturated rings. The number of nitriles is 1. The van der Waals surface area contributed by atoms with Crippen molar-refractivity contribution in [3.05, 3.63) is 92.4 Å². The van der Waals surface area contributed by atoms with Gasteiger partial charge in [-0.3, -0.25) is 4.79 Å². The van der Waals surface area contributed by atoms with Gasteiger partial charge in [-0.2, -0.15) is 5.26 Å². The molecular formula is C25H20BrClN2O3. The Morgan fingerprint density at radius 1 is 1.19 bits per heavy atom. The highest BCUT2D eigenvalue weighted by Gasteiger charge is 2.16. The summed E-state index contributed by atoms with van der Waals surface area (Å²) in [5.41, 5.74) is 2.82. The SMILES string of the molecule is COc1cc(/C=C(\C#N)C(=O)Nc2c(C)cccc2Cl)cc(Br)c1OCc1ccccc1. The molecule has 0 heterocycles. The van der Waals surface area contributed by atoms with Crippen molar-refractivity contribution in [3.63, 3.8) is 0 Å². The highest BCUT2D eigenvalue weighted by molar-refractivity contribution is 9.10. The second-order valence-electron chi connectivity index (χ2n) is 6.86. The van der Waals surface area contributed by atoms with E-state index in [0.29, 0.717) is 38.9 Å². The molecule has 3 aromatic rings. The van der Waals surface area contributed by atoms with Crippen LogP contribution >= 0.6 is 27.5 Å². The lowest BCUT2D eigenvalue weighted by Gasteiger charge is -2.14. The number of para-hydroxylation sites is 1. The molecule has 0 aliphatic heterocycles. The zero-order valence-electron chi connectivity index (χ0n) is 17.5. The Labute approximate surface area is 200 Å². The second kappa shape index (κ2) is 10.9. The van der Waals surface area contributed by atoms with Crippen molar-refractivity contribution in [1.82, 2.24) is 0 Å². The molecule has 3 rings (SSSR count). The van der Waals surface area contributed by atoms with E-state index in [4.69, 9.17) is 21.1 Å². The first-order chi connectivity index (χ1) is 15.4. The number of carbonyl (C=O) groups excluding carboxylic acids is 1. The summed E-state index contributed by atoms with van der Waals surface area (Å²) in [4.78, 5) is 12.7. The Hall–Kier alpha value is -3.27. The van der Waals surface area contributed by atoms with Gasteiger partial charge in [0.2, 0.25) is 0 Å². The lowest BCUT2D eigenvalue weighted by molar-refractivity contribution is -0.112. The maximum atomic E-state index is 12.7. The molecule has 7 heteroatoms. The molecule has 0 radical (unpaired) electrons. The van der Waals surface area contributed by atoms with Crippen LogP contribution in [0.3, 0.4) is 0 Å². The molecule has 0 spiro atoms. The van der Waals surface area contributed by atoms with Crippen LogP contribution in [0.5, 0.6) is 11.5 Å². The van der Waals surface area contributed by atoms with E-state index in [1.54, 1.807) is 24.3 Å². The Kier molecular flexibility index (Phi) is 7.93. The van der Waals surface area contributed by atoms with Crippen molar-refractivity contribution >= 4 is 45.2 Å². The van der Waals surface area contributed by atoms with Crippen LogP contribution < -0.4 is 14.8 Å². The smallest absolute Gasteiger partial charge is 0.266 e. The van der Waals surface area contributed by atoms with Gasteiger partial charge >= 0.3 is 0 Å². The van der Waals surface area contributed by atoms with Crippen molar-refractivity contribution in [2.45, 2.75) is 13.5 Å². The normalized spacial score (nSPS) is 10.9. The largest absolute Gasteiger partial charge is 0.493 e. The lowest BCUT2D eigenvalue weighted by atomic mass is 10.1. The Morgan fingerprint density at radius 2 is 1.94 bits per heavy atom. The number of halogens is 2. The fraction of sp³-hybridized carbons (Fsp3) is 0.120. The fourth-order valence-electron chi connectivity index (χ4n) is 2.98. The maximum Gasteiger partial charge on any atom is 0.266 e. The van der Waals surface area contributed by atoms with E-state index in [-0.39, 0.29) is 5.57 Å². The molecule has 0 aliphatic rings. The van der Waals surface area contributed by atoms with E-state index in [1.807, 2.05) is 49.4 Å². The Balaban J connectivity index is 1.85. The first-order valence-corrected chi connectivity index (χ1v) is 10.8. The zero-order valence-corrected chi connectivity index (χ0v) is 19.8. The summed E-state index contributed by atoms with van der Waals surface area (Å²) in [7, 11) is 1.53. The number of hydrogen-bond acceptors (Lipinski definition) is 4. The second-order valence-corrected chi connectivity index (χ2v) is 8.13. The van der Waals surface area contributed by atoms with Crippen molar-refractivity contribution in [2.24, 2.45) is 0 Å². The minimum absolute atomic E-state index is 0.0729. The summed E-state index contributed by atoms with van der Waals surface area (Å²) in [6.07, 6.45) is 1.48. The van der Waals surface area contributed by atoms with E-state index in [2.05, 4.69) is 21.2 Å². The molecule has 32 heavy (non-hydrogen) atoms. The molecule has 0 aliphatic carbocycles. The van der Waals surface area contributed by atoms with Crippen LogP contribution in [0.1, 0.15) is 16.7 Å². The number of aryl methyl sites for hydroxylation is 1. The number of carbonyl (C=O) groups is 1. The van der Waals surface area contributed by atoms with Gasteiger partial charge in [-0.25, -0.2) is 0 Å². The van der Waals surface area contributed by atoms with Gasteiger partial charge in [-0.15, -0.1) is 0 Å². The van der Waals surface area contributed by atoms with Crippen LogP contribution in [-0.4, -0.2) is 13.0 Å². The minimum Gasteiger partial charge on any atom is -0.493 e. The van der Waals surface area contributed by atoms with Gasteiger partial charge in [0, 0.05) is 0 Å². The monoisotopic (exact) mass is 510 g/mol. The third-order valence-electron chi connectivity index (χ3n) is 4.61. The van der Waals surface area contributed by atoms with E-state index in [0.717, 1.165) is 11.1 Å². The number of nitrogens with zero attached hydrogens (tertiary/aromatic N) is 1. The van der Waals surface area contributed by atoms with Crippen LogP contribution in [0.25, 0.3) is 6.08 Å². The van der Waals surface area contributed by atoms with Crippen LogP contribution in [0.15, 0.2) is 70.7 Å². The average Bonchev–Trinajstić information content (AvgIpc) is 2.79. The Bertz CT molecular complexity index is 1180. The molecular weight excluding hydrogens is 492 g/mol. The molecule has 1 amide bonds. The number of benzene rings is 3. The fourth-order valence-corrected chi connectivity index (χ4v) is 3.82. The molecule has 0 unspecified atom stereocenters. The van der Waals surface area contributed by atoms with Crippen LogP contribution in [0, 0.1) is 18.3 Å². The first kappa shape index (κ1) is 23.4. The summed E-state index contributed by atoms with van der Waals surface area (Å²) in [6.45, 7) is 2.20. The number of nitrogens with one attached hydrogen (secondary N) is 1. The van der Waals surface area contributed by atoms with Crippen molar-refractivity contribution in [1.29, 1.82) is 5.26 Å². The summed E-state index contributed by atoms with van der Waals surface area (Å²) < 4.78 is 12.0. The predicted octanol–water partition coefficient (Wildman–Crippen LogP) is 6.54. The van der Waals surface area contributed by atoms with Crippen molar-refractivity contribution in [2.75, 3.05) is 12.4 Å². The van der Waals surface area contributed by atoms with Gasteiger partial charge in [0.25, 0.3) is 5.91 Å². The molecule has 0 bridgehead atoms. The van der Waals surface area contributed by atoms with Crippen LogP contribution in [-0.2, 0) is 11.4 Å². The molecule has 0 atom stereocenters. The van der Waals surface area contributed by atoms with Gasteiger partial charge in [0.1, 0.15) is 18.2 Å². The van der Waals surface area contributed by atoms with Gasteiger partial charge in [-0.05, 0) is 63.8 Å². The van der Waals surface area contributed by atoms with E-state index < -0.39 is 5.91 Å². The topological polar surface area (TPSA) is 71.3 Å². The number of rotatable bonds is 7. The molecule has 0 saturated carbocycles. The van der Waals surface area contributed by atoms with E-state index in [9.17, 15) is 10.1 Å². The predicted molar refractivity (Wildman–Crippen MR) is 130 cm³/mol. The van der Waals surface area contributed by atoms with Gasteiger partial charge < -0.3 is 14.8 Å². The van der Waals surface area contributed by atoms with E-state index in [1.165, 1.54) is 13.2 Å². The number of amides is 1. The number of methoxy groups -OCH3 is 1. The van der Waals surface area contributed by atoms with Gasteiger partial charge in [-0.1, -0.05) is 54.1 Å². The third-order valence-corrected chi connectivity index (χ3v) is 5.52. The number of anilines is 1. The lowest BCUT2D eigenvalue weighted by Crippen LogP contribution is -2.14. The third kappa shape index (κ3) is 5.70. The molecule has 5 nitrogen and oxygen atoms in total. The highest BCUT2D eigenvalue weighted by atomic mass is 79.9. The number of ether oxygens (including phenoxy) is 2. The molecule has 0 aromatic heterocycles. The molecule has 1 N–H and O–H groups in total. The van der Waals surface area contributed by atoms with E-state index >= 15 is 0 Å². The van der Waals surface area contributed by atoms with Crippen LogP contribution in [0.4, 0.5) is 5.69 Å². The minimum atomic E-state index is -0.553. The summed E-state index contributed by atoms with van der Waals surface area (Å²) in [5.74, 6) is 0.451. The van der Waals surface area contributed by atoms with Crippen molar-refractivity contribution < 1.29 is 14.3 Å². The maximum absolute atomic E-state index is 12.7.